The zero-order chi connectivity index (χ0) is 16.4. The first-order valence-corrected chi connectivity index (χ1v) is 7.76. The normalized spacial score (nSPS) is 24.0. The fourth-order valence-electron chi connectivity index (χ4n) is 3.04. The maximum absolute atomic E-state index is 12.2. The summed E-state index contributed by atoms with van der Waals surface area (Å²) in [5, 5.41) is 5.38. The molecule has 3 rings (SSSR count). The van der Waals surface area contributed by atoms with Crippen molar-refractivity contribution < 1.29 is 14.4 Å². The van der Waals surface area contributed by atoms with E-state index in [0.29, 0.717) is 12.1 Å². The van der Waals surface area contributed by atoms with Crippen LogP contribution >= 0.6 is 0 Å². The number of carbonyl (C=O) groups is 3. The molecular weight excluding hydrogens is 296 g/mol. The first-order chi connectivity index (χ1) is 11.0. The van der Waals surface area contributed by atoms with Crippen LogP contribution in [0.4, 0.5) is 10.5 Å². The van der Waals surface area contributed by atoms with Gasteiger partial charge >= 0.3 is 6.03 Å². The highest BCUT2D eigenvalue weighted by Gasteiger charge is 2.29. The summed E-state index contributed by atoms with van der Waals surface area (Å²) in [5.41, 5.74) is 7.30. The maximum Gasteiger partial charge on any atom is 0.324 e. The molecular formula is C16H20N4O3. The van der Waals surface area contributed by atoms with E-state index < -0.39 is 0 Å². The molecule has 4 N–H and O–H groups in total. The van der Waals surface area contributed by atoms with Gasteiger partial charge in [0.05, 0.1) is 13.1 Å². The lowest BCUT2D eigenvalue weighted by atomic mass is 10.1. The monoisotopic (exact) mass is 316 g/mol. The summed E-state index contributed by atoms with van der Waals surface area (Å²) < 4.78 is 0. The summed E-state index contributed by atoms with van der Waals surface area (Å²) in [5.74, 6) is -0.311. The van der Waals surface area contributed by atoms with Gasteiger partial charge in [-0.1, -0.05) is 12.1 Å². The van der Waals surface area contributed by atoms with E-state index in [1.54, 1.807) is 18.2 Å². The van der Waals surface area contributed by atoms with Crippen molar-refractivity contribution in [2.24, 2.45) is 11.7 Å². The van der Waals surface area contributed by atoms with Crippen molar-refractivity contribution >= 4 is 23.5 Å². The van der Waals surface area contributed by atoms with Gasteiger partial charge in [0.1, 0.15) is 0 Å². The number of benzene rings is 1. The predicted octanol–water partition coefficient (Wildman–Crippen LogP) is 0.804. The van der Waals surface area contributed by atoms with Crippen molar-refractivity contribution in [2.75, 3.05) is 11.9 Å². The van der Waals surface area contributed by atoms with Crippen molar-refractivity contribution in [2.45, 2.75) is 31.8 Å². The van der Waals surface area contributed by atoms with Gasteiger partial charge in [0.15, 0.2) is 0 Å². The van der Waals surface area contributed by atoms with Crippen LogP contribution in [0.15, 0.2) is 24.3 Å². The Bertz CT molecular complexity index is 630. The van der Waals surface area contributed by atoms with Crippen LogP contribution in [0.1, 0.15) is 24.8 Å². The maximum atomic E-state index is 12.2. The minimum absolute atomic E-state index is 0.0231. The Morgan fingerprint density at radius 3 is 2.83 bits per heavy atom. The number of carbonyl (C=O) groups excluding carboxylic acids is 3. The summed E-state index contributed by atoms with van der Waals surface area (Å²) in [6.07, 6.45) is 2.41. The molecule has 122 valence electrons. The van der Waals surface area contributed by atoms with Gasteiger partial charge in [0, 0.05) is 17.6 Å². The van der Waals surface area contributed by atoms with Crippen molar-refractivity contribution in [3.63, 3.8) is 0 Å². The Labute approximate surface area is 134 Å². The average molecular weight is 316 g/mol. The van der Waals surface area contributed by atoms with E-state index in [1.807, 2.05) is 6.07 Å². The fourth-order valence-corrected chi connectivity index (χ4v) is 3.04. The SMILES string of the molecule is NC1CCC(C(=O)Nc2cccc(CN3C(=O)CNC3=O)c2)C1. The Morgan fingerprint density at radius 1 is 1.35 bits per heavy atom. The molecule has 2 fully saturated rings. The standard InChI is InChI=1S/C16H20N4O3/c17-12-5-4-11(7-12)15(22)19-13-3-1-2-10(6-13)9-20-14(21)8-18-16(20)23/h1-3,6,11-12H,4-5,7-9,17H2,(H,18,23)(H,19,22). The Morgan fingerprint density at radius 2 is 2.17 bits per heavy atom. The van der Waals surface area contributed by atoms with E-state index in [-0.39, 0.29) is 42.9 Å². The van der Waals surface area contributed by atoms with Crippen LogP contribution in [-0.4, -0.2) is 35.3 Å². The van der Waals surface area contributed by atoms with Gasteiger partial charge in [-0.15, -0.1) is 0 Å². The third kappa shape index (κ3) is 3.50. The van der Waals surface area contributed by atoms with Crippen LogP contribution in [0.5, 0.6) is 0 Å². The summed E-state index contributed by atoms with van der Waals surface area (Å²) in [6.45, 7) is 0.236. The molecule has 0 radical (unpaired) electrons. The van der Waals surface area contributed by atoms with Crippen LogP contribution in [0.3, 0.4) is 0 Å². The smallest absolute Gasteiger partial charge is 0.324 e. The Kier molecular flexibility index (Phi) is 4.29. The number of hydrogen-bond donors (Lipinski definition) is 3. The molecule has 0 bridgehead atoms. The van der Waals surface area contributed by atoms with E-state index in [9.17, 15) is 14.4 Å². The van der Waals surface area contributed by atoms with E-state index >= 15 is 0 Å². The molecule has 1 aliphatic heterocycles. The quantitative estimate of drug-likeness (QED) is 0.715. The summed E-state index contributed by atoms with van der Waals surface area (Å²) >= 11 is 0. The van der Waals surface area contributed by atoms with E-state index in [1.165, 1.54) is 0 Å². The number of nitrogens with zero attached hydrogens (tertiary/aromatic N) is 1. The number of hydrogen-bond acceptors (Lipinski definition) is 4. The molecule has 1 saturated heterocycles. The molecule has 1 aromatic rings. The molecule has 1 aromatic carbocycles. The Hall–Kier alpha value is -2.41. The van der Waals surface area contributed by atoms with Crippen LogP contribution < -0.4 is 16.4 Å². The highest BCUT2D eigenvalue weighted by molar-refractivity contribution is 6.01. The fraction of sp³-hybridized carbons (Fsp3) is 0.438. The lowest BCUT2D eigenvalue weighted by Gasteiger charge is -2.14. The minimum Gasteiger partial charge on any atom is -0.329 e. The molecule has 2 aliphatic rings. The molecule has 0 aromatic heterocycles. The third-order valence-electron chi connectivity index (χ3n) is 4.32. The van der Waals surface area contributed by atoms with Gasteiger partial charge in [-0.2, -0.15) is 0 Å². The number of imide groups is 1. The highest BCUT2D eigenvalue weighted by Crippen LogP contribution is 2.25. The molecule has 2 atom stereocenters. The zero-order valence-corrected chi connectivity index (χ0v) is 12.7. The molecule has 2 unspecified atom stereocenters. The zero-order valence-electron chi connectivity index (χ0n) is 12.7. The predicted molar refractivity (Wildman–Crippen MR) is 84.3 cm³/mol. The number of amides is 4. The van der Waals surface area contributed by atoms with Gasteiger partial charge in [0.2, 0.25) is 11.8 Å². The number of urea groups is 1. The molecule has 1 aliphatic carbocycles. The van der Waals surface area contributed by atoms with Crippen molar-refractivity contribution in [3.05, 3.63) is 29.8 Å². The number of rotatable bonds is 4. The minimum atomic E-state index is -0.385. The lowest BCUT2D eigenvalue weighted by Crippen LogP contribution is -2.30. The van der Waals surface area contributed by atoms with Crippen LogP contribution in [-0.2, 0) is 16.1 Å². The molecule has 1 heterocycles. The van der Waals surface area contributed by atoms with E-state index in [4.69, 9.17) is 5.73 Å². The molecule has 23 heavy (non-hydrogen) atoms. The van der Waals surface area contributed by atoms with Gasteiger partial charge in [-0.3, -0.25) is 14.5 Å². The van der Waals surface area contributed by atoms with Crippen LogP contribution in [0, 0.1) is 5.92 Å². The van der Waals surface area contributed by atoms with Crippen molar-refractivity contribution in [3.8, 4) is 0 Å². The number of anilines is 1. The Balaban J connectivity index is 1.64. The van der Waals surface area contributed by atoms with E-state index in [2.05, 4.69) is 10.6 Å². The molecule has 1 saturated carbocycles. The molecule has 0 spiro atoms. The van der Waals surface area contributed by atoms with Gasteiger partial charge in [-0.05, 0) is 37.0 Å². The second-order valence-corrected chi connectivity index (χ2v) is 6.10. The summed E-state index contributed by atoms with van der Waals surface area (Å²) in [4.78, 5) is 36.6. The molecule has 7 nitrogen and oxygen atoms in total. The van der Waals surface area contributed by atoms with Crippen molar-refractivity contribution in [1.29, 1.82) is 0 Å². The first kappa shape index (κ1) is 15.5. The average Bonchev–Trinajstić information content (AvgIpc) is 3.09. The van der Waals surface area contributed by atoms with Gasteiger partial charge < -0.3 is 16.4 Å². The van der Waals surface area contributed by atoms with Crippen LogP contribution in [0.25, 0.3) is 0 Å². The lowest BCUT2D eigenvalue weighted by molar-refractivity contribution is -0.125. The van der Waals surface area contributed by atoms with Crippen LogP contribution in [0.2, 0.25) is 0 Å². The van der Waals surface area contributed by atoms with Gasteiger partial charge in [-0.25, -0.2) is 4.79 Å². The second-order valence-electron chi connectivity index (χ2n) is 6.10. The first-order valence-electron chi connectivity index (χ1n) is 7.76. The van der Waals surface area contributed by atoms with Crippen molar-refractivity contribution in [1.82, 2.24) is 10.2 Å². The summed E-state index contributed by atoms with van der Waals surface area (Å²) in [6, 6.07) is 6.92. The van der Waals surface area contributed by atoms with Gasteiger partial charge in [0.25, 0.3) is 0 Å². The number of nitrogens with one attached hydrogen (secondary N) is 2. The summed E-state index contributed by atoms with van der Waals surface area (Å²) in [7, 11) is 0. The topological polar surface area (TPSA) is 105 Å². The number of nitrogens with two attached hydrogens (primary N) is 1. The second kappa shape index (κ2) is 6.37. The molecule has 4 amide bonds. The third-order valence-corrected chi connectivity index (χ3v) is 4.32. The molecule has 7 heteroatoms. The largest absolute Gasteiger partial charge is 0.329 e. The highest BCUT2D eigenvalue weighted by atomic mass is 16.2. The van der Waals surface area contributed by atoms with E-state index in [0.717, 1.165) is 23.3 Å².